The van der Waals surface area contributed by atoms with Crippen LogP contribution in [0.25, 0.3) is 0 Å². The van der Waals surface area contributed by atoms with Gasteiger partial charge in [0, 0.05) is 22.6 Å². The van der Waals surface area contributed by atoms with Gasteiger partial charge in [0.05, 0.1) is 21.6 Å². The molecule has 1 aliphatic heterocycles. The number of hydrogen-bond donors (Lipinski definition) is 2. The summed E-state index contributed by atoms with van der Waals surface area (Å²) < 4.78 is 25.4. The predicted molar refractivity (Wildman–Crippen MR) is 117 cm³/mol. The Morgan fingerprint density at radius 3 is 2.63 bits per heavy atom. The molecule has 0 saturated heterocycles. The lowest BCUT2D eigenvalue weighted by atomic mass is 10.1. The van der Waals surface area contributed by atoms with Crippen LogP contribution in [0.1, 0.15) is 37.0 Å². The molecule has 1 aliphatic rings. The van der Waals surface area contributed by atoms with Gasteiger partial charge < -0.3 is 10.6 Å². The number of carbonyl (C=O) groups excluding carboxylic acids is 3. The lowest BCUT2D eigenvalue weighted by molar-refractivity contribution is -0.116. The molecule has 2 amide bonds. The van der Waals surface area contributed by atoms with Crippen molar-refractivity contribution < 1.29 is 22.8 Å². The molecule has 0 saturated carbocycles. The minimum Gasteiger partial charge on any atom is -0.326 e. The lowest BCUT2D eigenvalue weighted by Crippen LogP contribution is -2.28. The van der Waals surface area contributed by atoms with E-state index in [-0.39, 0.29) is 34.0 Å². The first-order valence-corrected chi connectivity index (χ1v) is 12.0. The standard InChI is InChI=1S/C21H22N2O5S2/c1-3-18-21(26)23-17-8-7-16(12-19(17)29-18)30(27,28)10-9-20(25)22-15-6-4-5-14(11-15)13(2)24/h4-8,11-12,18H,3,9-10H2,1-2H3,(H,22,25)(H,23,26)/t18-/m0/s1. The molecular formula is C21H22N2O5S2. The molecule has 30 heavy (non-hydrogen) atoms. The van der Waals surface area contributed by atoms with Gasteiger partial charge in [-0.15, -0.1) is 11.8 Å². The molecule has 0 radical (unpaired) electrons. The largest absolute Gasteiger partial charge is 0.326 e. The van der Waals surface area contributed by atoms with Crippen molar-refractivity contribution in [1.82, 2.24) is 0 Å². The second-order valence-corrected chi connectivity index (χ2v) is 10.3. The van der Waals surface area contributed by atoms with Crippen molar-refractivity contribution in [3.05, 3.63) is 48.0 Å². The molecular weight excluding hydrogens is 424 g/mol. The normalized spacial score (nSPS) is 15.8. The molecule has 2 N–H and O–H groups in total. The molecule has 2 aromatic rings. The van der Waals surface area contributed by atoms with Crippen molar-refractivity contribution in [2.75, 3.05) is 16.4 Å². The van der Waals surface area contributed by atoms with Crippen LogP contribution in [0.3, 0.4) is 0 Å². The van der Waals surface area contributed by atoms with E-state index in [1.807, 2.05) is 6.92 Å². The van der Waals surface area contributed by atoms with E-state index in [0.29, 0.717) is 28.3 Å². The van der Waals surface area contributed by atoms with Crippen molar-refractivity contribution in [3.8, 4) is 0 Å². The van der Waals surface area contributed by atoms with Crippen LogP contribution in [0.5, 0.6) is 0 Å². The van der Waals surface area contributed by atoms with Gasteiger partial charge in [0.2, 0.25) is 11.8 Å². The molecule has 158 valence electrons. The van der Waals surface area contributed by atoms with Crippen LogP contribution >= 0.6 is 11.8 Å². The van der Waals surface area contributed by atoms with Gasteiger partial charge in [-0.25, -0.2) is 8.42 Å². The van der Waals surface area contributed by atoms with Gasteiger partial charge in [0.1, 0.15) is 0 Å². The molecule has 0 aliphatic carbocycles. The predicted octanol–water partition coefficient (Wildman–Crippen LogP) is 3.51. The molecule has 0 unspecified atom stereocenters. The van der Waals surface area contributed by atoms with Crippen molar-refractivity contribution in [2.24, 2.45) is 0 Å². The van der Waals surface area contributed by atoms with Crippen molar-refractivity contribution in [3.63, 3.8) is 0 Å². The average molecular weight is 447 g/mol. The van der Waals surface area contributed by atoms with Crippen molar-refractivity contribution in [1.29, 1.82) is 0 Å². The Labute approximate surface area is 179 Å². The maximum atomic E-state index is 12.7. The number of anilines is 2. The highest BCUT2D eigenvalue weighted by Crippen LogP contribution is 2.38. The third kappa shape index (κ3) is 5.09. The second-order valence-electron chi connectivity index (χ2n) is 6.92. The monoisotopic (exact) mass is 446 g/mol. The first kappa shape index (κ1) is 22.0. The Bertz CT molecular complexity index is 1110. The molecule has 1 atom stereocenters. The van der Waals surface area contributed by atoms with E-state index >= 15 is 0 Å². The lowest BCUT2D eigenvalue weighted by Gasteiger charge is -2.23. The van der Waals surface area contributed by atoms with Gasteiger partial charge in [0.25, 0.3) is 0 Å². The summed E-state index contributed by atoms with van der Waals surface area (Å²) in [5, 5.41) is 5.15. The van der Waals surface area contributed by atoms with Crippen LogP contribution in [0.15, 0.2) is 52.3 Å². The number of carbonyl (C=O) groups is 3. The van der Waals surface area contributed by atoms with Crippen LogP contribution < -0.4 is 10.6 Å². The summed E-state index contributed by atoms with van der Waals surface area (Å²) in [6.45, 7) is 3.33. The average Bonchev–Trinajstić information content (AvgIpc) is 2.71. The summed E-state index contributed by atoms with van der Waals surface area (Å²) in [6.07, 6.45) is 0.420. The number of thioether (sulfide) groups is 1. The number of nitrogens with one attached hydrogen (secondary N) is 2. The molecule has 1 heterocycles. The Kier molecular flexibility index (Phi) is 6.62. The van der Waals surface area contributed by atoms with E-state index in [1.165, 1.54) is 24.8 Å². The molecule has 0 aromatic heterocycles. The Morgan fingerprint density at radius 1 is 1.17 bits per heavy atom. The van der Waals surface area contributed by atoms with Crippen LogP contribution in [-0.2, 0) is 19.4 Å². The molecule has 0 fully saturated rings. The number of rotatable bonds is 7. The third-order valence-corrected chi connectivity index (χ3v) is 7.79. The van der Waals surface area contributed by atoms with Crippen molar-refractivity contribution in [2.45, 2.75) is 41.7 Å². The highest BCUT2D eigenvalue weighted by Gasteiger charge is 2.27. The summed E-state index contributed by atoms with van der Waals surface area (Å²) in [5.41, 5.74) is 1.50. The quantitative estimate of drug-likeness (QED) is 0.630. The zero-order valence-electron chi connectivity index (χ0n) is 16.6. The summed E-state index contributed by atoms with van der Waals surface area (Å²) in [7, 11) is -3.68. The number of benzene rings is 2. The van der Waals surface area contributed by atoms with E-state index in [0.717, 1.165) is 0 Å². The zero-order chi connectivity index (χ0) is 21.9. The Morgan fingerprint density at radius 2 is 1.93 bits per heavy atom. The van der Waals surface area contributed by atoms with E-state index in [1.54, 1.807) is 36.4 Å². The van der Waals surface area contributed by atoms with E-state index in [9.17, 15) is 22.8 Å². The molecule has 9 heteroatoms. The van der Waals surface area contributed by atoms with Gasteiger partial charge in [-0.2, -0.15) is 0 Å². The molecule has 7 nitrogen and oxygen atoms in total. The smallest absolute Gasteiger partial charge is 0.237 e. The maximum Gasteiger partial charge on any atom is 0.237 e. The number of fused-ring (bicyclic) bond motifs is 1. The van der Waals surface area contributed by atoms with Gasteiger partial charge in [-0.05, 0) is 43.7 Å². The molecule has 0 bridgehead atoms. The molecule has 2 aromatic carbocycles. The SMILES string of the molecule is CC[C@@H]1Sc2cc(S(=O)(=O)CCC(=O)Nc3cccc(C(C)=O)c3)ccc2NC1=O. The number of hydrogen-bond acceptors (Lipinski definition) is 6. The highest BCUT2D eigenvalue weighted by molar-refractivity contribution is 8.01. The van der Waals surface area contributed by atoms with E-state index in [4.69, 9.17) is 0 Å². The fraction of sp³-hybridized carbons (Fsp3) is 0.286. The third-order valence-electron chi connectivity index (χ3n) is 4.65. The molecule has 3 rings (SSSR count). The van der Waals surface area contributed by atoms with E-state index in [2.05, 4.69) is 10.6 Å². The van der Waals surface area contributed by atoms with Crippen LogP contribution in [0.2, 0.25) is 0 Å². The van der Waals surface area contributed by atoms with E-state index < -0.39 is 15.7 Å². The fourth-order valence-electron chi connectivity index (χ4n) is 2.97. The second kappa shape index (κ2) is 9.01. The minimum atomic E-state index is -3.68. The number of sulfone groups is 1. The van der Waals surface area contributed by atoms with Crippen LogP contribution in [0.4, 0.5) is 11.4 Å². The first-order chi connectivity index (χ1) is 14.2. The van der Waals surface area contributed by atoms with Crippen LogP contribution in [0, 0.1) is 0 Å². The van der Waals surface area contributed by atoms with Gasteiger partial charge in [-0.3, -0.25) is 14.4 Å². The Balaban J connectivity index is 1.67. The number of ketones is 1. The van der Waals surface area contributed by atoms with Gasteiger partial charge in [-0.1, -0.05) is 19.1 Å². The maximum absolute atomic E-state index is 12.7. The summed E-state index contributed by atoms with van der Waals surface area (Å²) in [4.78, 5) is 36.4. The zero-order valence-corrected chi connectivity index (χ0v) is 18.2. The number of Topliss-reactive ketones (excluding diaryl/α,β-unsaturated/α-hetero) is 1. The highest BCUT2D eigenvalue weighted by atomic mass is 32.2. The van der Waals surface area contributed by atoms with Gasteiger partial charge in [0.15, 0.2) is 15.6 Å². The van der Waals surface area contributed by atoms with Gasteiger partial charge >= 0.3 is 0 Å². The number of amides is 2. The topological polar surface area (TPSA) is 109 Å². The molecule has 0 spiro atoms. The van der Waals surface area contributed by atoms with Crippen molar-refractivity contribution >= 4 is 50.6 Å². The first-order valence-electron chi connectivity index (χ1n) is 9.45. The summed E-state index contributed by atoms with van der Waals surface area (Å²) in [5.74, 6) is -1.01. The Hall–Kier alpha value is -2.65. The minimum absolute atomic E-state index is 0.0869. The van der Waals surface area contributed by atoms with Crippen LogP contribution in [-0.4, -0.2) is 37.0 Å². The fourth-order valence-corrected chi connectivity index (χ4v) is 5.39. The summed E-state index contributed by atoms with van der Waals surface area (Å²) in [6, 6.07) is 11.0. The summed E-state index contributed by atoms with van der Waals surface area (Å²) >= 11 is 1.34.